The first kappa shape index (κ1) is 18.4. The monoisotopic (exact) mass is 372 g/mol. The van der Waals surface area contributed by atoms with Gasteiger partial charge in [-0.3, -0.25) is 9.47 Å². The molecule has 2 fully saturated rings. The predicted molar refractivity (Wildman–Crippen MR) is 102 cm³/mol. The largest absolute Gasteiger partial charge is 0.349 e. The summed E-state index contributed by atoms with van der Waals surface area (Å²) in [5.41, 5.74) is 1.09. The average Bonchev–Trinajstić information content (AvgIpc) is 3.31. The number of hydrogen-bond acceptors (Lipinski definition) is 5. The minimum Gasteiger partial charge on any atom is -0.349 e. The third-order valence-corrected chi connectivity index (χ3v) is 5.49. The number of benzene rings is 1. The second kappa shape index (κ2) is 8.37. The SMILES string of the molecule is CCn1c(C2CCN(CC3OCCO3)CC2)nn(Cc2ccccc2)c1=O. The third kappa shape index (κ3) is 4.15. The first-order valence-corrected chi connectivity index (χ1v) is 9.91. The van der Waals surface area contributed by atoms with Crippen LogP contribution in [0.25, 0.3) is 0 Å². The van der Waals surface area contributed by atoms with Gasteiger partial charge in [0.25, 0.3) is 0 Å². The van der Waals surface area contributed by atoms with Crippen LogP contribution in [0.1, 0.15) is 37.1 Å². The van der Waals surface area contributed by atoms with Crippen molar-refractivity contribution in [1.29, 1.82) is 0 Å². The highest BCUT2D eigenvalue weighted by molar-refractivity contribution is 5.15. The number of aromatic nitrogens is 3. The van der Waals surface area contributed by atoms with E-state index >= 15 is 0 Å². The lowest BCUT2D eigenvalue weighted by Gasteiger charge is -2.32. The summed E-state index contributed by atoms with van der Waals surface area (Å²) in [4.78, 5) is 15.2. The summed E-state index contributed by atoms with van der Waals surface area (Å²) in [5.74, 6) is 1.27. The molecule has 0 spiro atoms. The molecule has 27 heavy (non-hydrogen) atoms. The van der Waals surface area contributed by atoms with Gasteiger partial charge in [0.05, 0.1) is 19.8 Å². The maximum atomic E-state index is 12.8. The molecule has 1 aromatic carbocycles. The minimum absolute atomic E-state index is 0.00783. The van der Waals surface area contributed by atoms with Crippen LogP contribution in [0, 0.1) is 0 Å². The van der Waals surface area contributed by atoms with Crippen LogP contribution in [-0.2, 0) is 22.6 Å². The molecular formula is C20H28N4O3. The van der Waals surface area contributed by atoms with Crippen LogP contribution in [0.4, 0.5) is 0 Å². The molecule has 7 heteroatoms. The van der Waals surface area contributed by atoms with Gasteiger partial charge < -0.3 is 9.47 Å². The molecule has 0 amide bonds. The highest BCUT2D eigenvalue weighted by Crippen LogP contribution is 2.26. The molecular weight excluding hydrogens is 344 g/mol. The van der Waals surface area contributed by atoms with Crippen LogP contribution >= 0.6 is 0 Å². The summed E-state index contributed by atoms with van der Waals surface area (Å²) < 4.78 is 14.6. The second-order valence-electron chi connectivity index (χ2n) is 7.27. The van der Waals surface area contributed by atoms with Crippen molar-refractivity contribution in [2.24, 2.45) is 0 Å². The summed E-state index contributed by atoms with van der Waals surface area (Å²) >= 11 is 0. The lowest BCUT2D eigenvalue weighted by Crippen LogP contribution is -2.39. The number of rotatable bonds is 6. The molecule has 2 aliphatic heterocycles. The molecule has 2 aliphatic rings. The van der Waals surface area contributed by atoms with Gasteiger partial charge in [0, 0.05) is 19.0 Å². The van der Waals surface area contributed by atoms with Crippen molar-refractivity contribution in [2.75, 3.05) is 32.8 Å². The summed E-state index contributed by atoms with van der Waals surface area (Å²) in [7, 11) is 0. The molecule has 4 rings (SSSR count). The molecule has 2 saturated heterocycles. The molecule has 0 radical (unpaired) electrons. The van der Waals surface area contributed by atoms with E-state index in [0.29, 0.717) is 32.2 Å². The van der Waals surface area contributed by atoms with Gasteiger partial charge in [-0.15, -0.1) is 0 Å². The minimum atomic E-state index is -0.0829. The van der Waals surface area contributed by atoms with Gasteiger partial charge in [0.15, 0.2) is 6.29 Å². The van der Waals surface area contributed by atoms with Gasteiger partial charge in [-0.05, 0) is 38.4 Å². The molecule has 3 heterocycles. The lowest BCUT2D eigenvalue weighted by molar-refractivity contribution is -0.0649. The van der Waals surface area contributed by atoms with Crippen molar-refractivity contribution >= 4 is 0 Å². The summed E-state index contributed by atoms with van der Waals surface area (Å²) in [6.45, 7) is 7.39. The Balaban J connectivity index is 1.44. The summed E-state index contributed by atoms with van der Waals surface area (Å²) in [5, 5.41) is 4.73. The molecule has 146 valence electrons. The Morgan fingerprint density at radius 3 is 2.48 bits per heavy atom. The predicted octanol–water partition coefficient (Wildman–Crippen LogP) is 1.67. The lowest BCUT2D eigenvalue weighted by atomic mass is 9.96. The van der Waals surface area contributed by atoms with Crippen LogP contribution in [0.3, 0.4) is 0 Å². The Labute approximate surface area is 159 Å². The summed E-state index contributed by atoms with van der Waals surface area (Å²) in [6, 6.07) is 10.0. The number of likely N-dealkylation sites (tertiary alicyclic amines) is 1. The zero-order valence-electron chi connectivity index (χ0n) is 15.9. The first-order chi connectivity index (χ1) is 13.2. The Morgan fingerprint density at radius 2 is 1.81 bits per heavy atom. The van der Waals surface area contributed by atoms with E-state index in [9.17, 15) is 4.79 Å². The van der Waals surface area contributed by atoms with Gasteiger partial charge in [-0.1, -0.05) is 30.3 Å². The number of ether oxygens (including phenoxy) is 2. The van der Waals surface area contributed by atoms with Crippen LogP contribution < -0.4 is 5.69 Å². The standard InChI is InChI=1S/C20H28N4O3/c1-2-23-19(21-24(20(23)25)14-16-6-4-3-5-7-16)17-8-10-22(11-9-17)15-18-26-12-13-27-18/h3-7,17-18H,2,8-15H2,1H3. The Bertz CT molecular complexity index is 787. The van der Waals surface area contributed by atoms with Crippen molar-refractivity contribution in [3.63, 3.8) is 0 Å². The van der Waals surface area contributed by atoms with Gasteiger partial charge in [0.2, 0.25) is 0 Å². The second-order valence-corrected chi connectivity index (χ2v) is 7.27. The van der Waals surface area contributed by atoms with Crippen LogP contribution in [0.15, 0.2) is 35.1 Å². The summed E-state index contributed by atoms with van der Waals surface area (Å²) in [6.07, 6.45) is 1.93. The van der Waals surface area contributed by atoms with E-state index in [2.05, 4.69) is 4.90 Å². The van der Waals surface area contributed by atoms with E-state index in [1.165, 1.54) is 0 Å². The van der Waals surface area contributed by atoms with Gasteiger partial charge in [-0.25, -0.2) is 9.48 Å². The Hall–Kier alpha value is -1.96. The maximum Gasteiger partial charge on any atom is 0.346 e. The number of hydrogen-bond donors (Lipinski definition) is 0. The fourth-order valence-electron chi connectivity index (χ4n) is 4.01. The molecule has 0 atom stereocenters. The van der Waals surface area contributed by atoms with E-state index in [4.69, 9.17) is 14.6 Å². The zero-order chi connectivity index (χ0) is 18.6. The molecule has 1 aromatic heterocycles. The molecule has 0 saturated carbocycles. The van der Waals surface area contributed by atoms with Crippen molar-refractivity contribution < 1.29 is 9.47 Å². The van der Waals surface area contributed by atoms with Gasteiger partial charge >= 0.3 is 5.69 Å². The van der Waals surface area contributed by atoms with E-state index in [0.717, 1.165) is 43.9 Å². The fraction of sp³-hybridized carbons (Fsp3) is 0.600. The van der Waals surface area contributed by atoms with Crippen LogP contribution in [-0.4, -0.2) is 58.4 Å². The van der Waals surface area contributed by atoms with E-state index in [-0.39, 0.29) is 12.0 Å². The highest BCUT2D eigenvalue weighted by Gasteiger charge is 2.28. The van der Waals surface area contributed by atoms with Crippen molar-refractivity contribution in [3.8, 4) is 0 Å². The molecule has 0 aliphatic carbocycles. The van der Waals surface area contributed by atoms with Gasteiger partial charge in [0.1, 0.15) is 5.82 Å². The quantitative estimate of drug-likeness (QED) is 0.772. The van der Waals surface area contributed by atoms with E-state index < -0.39 is 0 Å². The number of piperidine rings is 1. The zero-order valence-corrected chi connectivity index (χ0v) is 15.9. The fourth-order valence-corrected chi connectivity index (χ4v) is 4.01. The van der Waals surface area contributed by atoms with Crippen molar-refractivity contribution in [2.45, 2.75) is 45.1 Å². The van der Waals surface area contributed by atoms with Crippen LogP contribution in [0.5, 0.6) is 0 Å². The molecule has 0 N–H and O–H groups in total. The van der Waals surface area contributed by atoms with E-state index in [1.54, 1.807) is 4.68 Å². The third-order valence-electron chi connectivity index (χ3n) is 5.49. The topological polar surface area (TPSA) is 61.5 Å². The molecule has 0 bridgehead atoms. The highest BCUT2D eigenvalue weighted by atomic mass is 16.7. The first-order valence-electron chi connectivity index (χ1n) is 9.91. The van der Waals surface area contributed by atoms with Crippen LogP contribution in [0.2, 0.25) is 0 Å². The van der Waals surface area contributed by atoms with Gasteiger partial charge in [-0.2, -0.15) is 5.10 Å². The molecule has 2 aromatic rings. The number of nitrogens with zero attached hydrogens (tertiary/aromatic N) is 4. The molecule has 7 nitrogen and oxygen atoms in total. The average molecular weight is 372 g/mol. The van der Waals surface area contributed by atoms with Crippen molar-refractivity contribution in [1.82, 2.24) is 19.2 Å². The smallest absolute Gasteiger partial charge is 0.346 e. The Kier molecular flexibility index (Phi) is 5.71. The van der Waals surface area contributed by atoms with Crippen molar-refractivity contribution in [3.05, 3.63) is 52.2 Å². The Morgan fingerprint density at radius 1 is 1.11 bits per heavy atom. The maximum absolute atomic E-state index is 12.8. The normalized spacial score (nSPS) is 19.7. The molecule has 0 unspecified atom stereocenters. The van der Waals surface area contributed by atoms with E-state index in [1.807, 2.05) is 41.8 Å².